The van der Waals surface area contributed by atoms with Crippen molar-refractivity contribution < 1.29 is 0 Å². The summed E-state index contributed by atoms with van der Waals surface area (Å²) in [7, 11) is 0. The predicted octanol–water partition coefficient (Wildman–Crippen LogP) is 5.28. The third kappa shape index (κ3) is 3.83. The van der Waals surface area contributed by atoms with Gasteiger partial charge in [0.25, 0.3) is 0 Å². The third-order valence-corrected chi connectivity index (χ3v) is 4.59. The van der Waals surface area contributed by atoms with E-state index in [4.69, 9.17) is 5.73 Å². The van der Waals surface area contributed by atoms with Crippen LogP contribution in [0, 0.1) is 19.8 Å². The average Bonchev–Trinajstić information content (AvgIpc) is 2.33. The lowest BCUT2D eigenvalue weighted by Crippen LogP contribution is -2.22. The molecule has 1 unspecified atom stereocenters. The molecule has 102 valence electrons. The molecule has 0 spiro atoms. The Morgan fingerprint density at radius 2 is 1.61 bits per heavy atom. The SMILES string of the molecule is CCCC(CCC)C(N)c1cc(C)c(Br)cc1C. The highest BCUT2D eigenvalue weighted by atomic mass is 79.9. The van der Waals surface area contributed by atoms with Crippen LogP contribution in [0.4, 0.5) is 0 Å². The summed E-state index contributed by atoms with van der Waals surface area (Å²) in [5.74, 6) is 0.610. The number of halogens is 1. The van der Waals surface area contributed by atoms with Crippen LogP contribution in [0.15, 0.2) is 16.6 Å². The van der Waals surface area contributed by atoms with Crippen LogP contribution in [-0.4, -0.2) is 0 Å². The van der Waals surface area contributed by atoms with Crippen molar-refractivity contribution in [2.75, 3.05) is 0 Å². The van der Waals surface area contributed by atoms with Crippen molar-refractivity contribution in [3.05, 3.63) is 33.3 Å². The molecule has 18 heavy (non-hydrogen) atoms. The molecule has 0 aliphatic heterocycles. The maximum absolute atomic E-state index is 6.52. The zero-order valence-electron chi connectivity index (χ0n) is 12.1. The summed E-state index contributed by atoms with van der Waals surface area (Å²) in [6.45, 7) is 8.78. The molecule has 1 atom stereocenters. The van der Waals surface area contributed by atoms with Crippen LogP contribution in [0.25, 0.3) is 0 Å². The van der Waals surface area contributed by atoms with E-state index in [2.05, 4.69) is 55.8 Å². The molecule has 0 aliphatic carbocycles. The van der Waals surface area contributed by atoms with Gasteiger partial charge in [-0.05, 0) is 55.4 Å². The topological polar surface area (TPSA) is 26.0 Å². The van der Waals surface area contributed by atoms with Gasteiger partial charge in [-0.15, -0.1) is 0 Å². The zero-order chi connectivity index (χ0) is 13.7. The lowest BCUT2D eigenvalue weighted by Gasteiger charge is -2.25. The molecule has 0 saturated heterocycles. The van der Waals surface area contributed by atoms with Gasteiger partial charge >= 0.3 is 0 Å². The Balaban J connectivity index is 3.00. The molecule has 0 bridgehead atoms. The highest BCUT2D eigenvalue weighted by molar-refractivity contribution is 9.10. The Labute approximate surface area is 120 Å². The monoisotopic (exact) mass is 311 g/mol. The molecule has 1 aromatic carbocycles. The van der Waals surface area contributed by atoms with Crippen LogP contribution in [0.1, 0.15) is 62.3 Å². The van der Waals surface area contributed by atoms with E-state index in [0.29, 0.717) is 5.92 Å². The minimum Gasteiger partial charge on any atom is -0.324 e. The van der Waals surface area contributed by atoms with E-state index in [1.54, 1.807) is 0 Å². The quantitative estimate of drug-likeness (QED) is 0.759. The number of rotatable bonds is 6. The van der Waals surface area contributed by atoms with Crippen molar-refractivity contribution in [1.29, 1.82) is 0 Å². The molecule has 0 saturated carbocycles. The van der Waals surface area contributed by atoms with Gasteiger partial charge in [0, 0.05) is 10.5 Å². The van der Waals surface area contributed by atoms with Crippen molar-refractivity contribution in [2.24, 2.45) is 11.7 Å². The summed E-state index contributed by atoms with van der Waals surface area (Å²) in [6.07, 6.45) is 4.88. The molecule has 2 heteroatoms. The summed E-state index contributed by atoms with van der Waals surface area (Å²) in [5, 5.41) is 0. The van der Waals surface area contributed by atoms with E-state index in [9.17, 15) is 0 Å². The Morgan fingerprint density at radius 1 is 1.06 bits per heavy atom. The van der Waals surface area contributed by atoms with Gasteiger partial charge in [0.05, 0.1) is 0 Å². The predicted molar refractivity (Wildman–Crippen MR) is 83.9 cm³/mol. The van der Waals surface area contributed by atoms with E-state index in [0.717, 1.165) is 0 Å². The Hall–Kier alpha value is -0.340. The van der Waals surface area contributed by atoms with E-state index >= 15 is 0 Å². The van der Waals surface area contributed by atoms with Crippen LogP contribution in [0.2, 0.25) is 0 Å². The van der Waals surface area contributed by atoms with Crippen molar-refractivity contribution in [1.82, 2.24) is 0 Å². The number of nitrogens with two attached hydrogens (primary N) is 1. The normalized spacial score (nSPS) is 13.1. The van der Waals surface area contributed by atoms with Gasteiger partial charge in [0.1, 0.15) is 0 Å². The largest absolute Gasteiger partial charge is 0.324 e. The summed E-state index contributed by atoms with van der Waals surface area (Å²) in [6, 6.07) is 4.62. The van der Waals surface area contributed by atoms with Crippen LogP contribution in [0.3, 0.4) is 0 Å². The number of aryl methyl sites for hydroxylation is 2. The average molecular weight is 312 g/mol. The zero-order valence-corrected chi connectivity index (χ0v) is 13.7. The lowest BCUT2D eigenvalue weighted by atomic mass is 9.84. The summed E-state index contributed by atoms with van der Waals surface area (Å²) in [4.78, 5) is 0. The van der Waals surface area contributed by atoms with Gasteiger partial charge in [0.15, 0.2) is 0 Å². The van der Waals surface area contributed by atoms with Crippen molar-refractivity contribution in [3.8, 4) is 0 Å². The first-order valence-electron chi connectivity index (χ1n) is 7.03. The van der Waals surface area contributed by atoms with Gasteiger partial charge in [-0.3, -0.25) is 0 Å². The van der Waals surface area contributed by atoms with Crippen molar-refractivity contribution >= 4 is 15.9 Å². The van der Waals surface area contributed by atoms with Crippen molar-refractivity contribution in [3.63, 3.8) is 0 Å². The van der Waals surface area contributed by atoms with Crippen LogP contribution in [-0.2, 0) is 0 Å². The fraction of sp³-hybridized carbons (Fsp3) is 0.625. The van der Waals surface area contributed by atoms with Crippen LogP contribution < -0.4 is 5.73 Å². The molecule has 0 fully saturated rings. The fourth-order valence-corrected chi connectivity index (χ4v) is 3.12. The molecular formula is C16H26BrN. The first-order valence-corrected chi connectivity index (χ1v) is 7.82. The Morgan fingerprint density at radius 3 is 2.11 bits per heavy atom. The highest BCUT2D eigenvalue weighted by Gasteiger charge is 2.20. The first-order chi connectivity index (χ1) is 8.51. The number of benzene rings is 1. The second-order valence-electron chi connectivity index (χ2n) is 5.32. The molecule has 0 aliphatic rings. The summed E-state index contributed by atoms with van der Waals surface area (Å²) < 4.78 is 1.18. The Kier molecular flexibility index (Phi) is 6.37. The minimum absolute atomic E-state index is 0.177. The molecule has 0 amide bonds. The maximum Gasteiger partial charge on any atom is 0.0326 e. The van der Waals surface area contributed by atoms with Gasteiger partial charge in [0.2, 0.25) is 0 Å². The molecule has 1 rings (SSSR count). The van der Waals surface area contributed by atoms with E-state index in [-0.39, 0.29) is 6.04 Å². The number of hydrogen-bond donors (Lipinski definition) is 1. The van der Waals surface area contributed by atoms with Gasteiger partial charge in [-0.25, -0.2) is 0 Å². The van der Waals surface area contributed by atoms with Gasteiger partial charge in [-0.1, -0.05) is 48.7 Å². The molecule has 1 aromatic rings. The minimum atomic E-state index is 0.177. The van der Waals surface area contributed by atoms with Gasteiger partial charge < -0.3 is 5.73 Å². The first kappa shape index (κ1) is 15.7. The fourth-order valence-electron chi connectivity index (χ4n) is 2.66. The van der Waals surface area contributed by atoms with E-state index in [1.807, 2.05) is 0 Å². The van der Waals surface area contributed by atoms with E-state index in [1.165, 1.54) is 46.8 Å². The molecule has 2 N–H and O–H groups in total. The third-order valence-electron chi connectivity index (χ3n) is 3.73. The molecule has 0 heterocycles. The second kappa shape index (κ2) is 7.30. The molecular weight excluding hydrogens is 286 g/mol. The smallest absolute Gasteiger partial charge is 0.0326 e. The lowest BCUT2D eigenvalue weighted by molar-refractivity contribution is 0.367. The molecule has 0 radical (unpaired) electrons. The van der Waals surface area contributed by atoms with Crippen LogP contribution >= 0.6 is 15.9 Å². The number of hydrogen-bond acceptors (Lipinski definition) is 1. The maximum atomic E-state index is 6.52. The molecule has 1 nitrogen and oxygen atoms in total. The van der Waals surface area contributed by atoms with Crippen LogP contribution in [0.5, 0.6) is 0 Å². The highest BCUT2D eigenvalue weighted by Crippen LogP contribution is 2.32. The summed E-state index contributed by atoms with van der Waals surface area (Å²) >= 11 is 3.59. The second-order valence-corrected chi connectivity index (χ2v) is 6.18. The summed E-state index contributed by atoms with van der Waals surface area (Å²) in [5.41, 5.74) is 10.4. The molecule has 0 aromatic heterocycles. The van der Waals surface area contributed by atoms with Crippen molar-refractivity contribution in [2.45, 2.75) is 59.4 Å². The van der Waals surface area contributed by atoms with Gasteiger partial charge in [-0.2, -0.15) is 0 Å². The van der Waals surface area contributed by atoms with E-state index < -0.39 is 0 Å². The Bertz CT molecular complexity index is 381. The standard InChI is InChI=1S/C16H26BrN/c1-5-7-13(8-6-2)16(18)14-9-12(4)15(17)10-11(14)3/h9-10,13,16H,5-8,18H2,1-4H3.